The van der Waals surface area contributed by atoms with Crippen LogP contribution in [0.15, 0.2) is 18.2 Å². The molecule has 0 amide bonds. The van der Waals surface area contributed by atoms with Crippen molar-refractivity contribution < 1.29 is 0 Å². The summed E-state index contributed by atoms with van der Waals surface area (Å²) in [5.41, 5.74) is 1.58. The molecule has 0 unspecified atom stereocenters. The maximum absolute atomic E-state index is 6.32. The van der Waals surface area contributed by atoms with E-state index in [4.69, 9.17) is 23.2 Å². The van der Waals surface area contributed by atoms with Gasteiger partial charge in [-0.05, 0) is 42.9 Å². The van der Waals surface area contributed by atoms with Gasteiger partial charge in [0.25, 0.3) is 0 Å². The molecule has 0 saturated heterocycles. The summed E-state index contributed by atoms with van der Waals surface area (Å²) in [4.78, 5) is 0. The molecule has 1 nitrogen and oxygen atoms in total. The van der Waals surface area contributed by atoms with Gasteiger partial charge in [-0.15, -0.1) is 0 Å². The molecule has 0 radical (unpaired) electrons. The van der Waals surface area contributed by atoms with Crippen molar-refractivity contribution in [2.75, 3.05) is 13.1 Å². The smallest absolute Gasteiger partial charge is 0.0624 e. The Morgan fingerprint density at radius 3 is 2.61 bits per heavy atom. The predicted octanol–water partition coefficient (Wildman–Crippen LogP) is 4.71. The molecule has 2 rings (SSSR count). The summed E-state index contributed by atoms with van der Waals surface area (Å²) in [5, 5.41) is 4.92. The fourth-order valence-electron chi connectivity index (χ4n) is 3.02. The molecule has 1 aliphatic carbocycles. The quantitative estimate of drug-likeness (QED) is 0.827. The number of nitrogens with one attached hydrogen (secondary N) is 1. The van der Waals surface area contributed by atoms with E-state index in [0.29, 0.717) is 10.4 Å². The summed E-state index contributed by atoms with van der Waals surface area (Å²) < 4.78 is 0. The van der Waals surface area contributed by atoms with Gasteiger partial charge < -0.3 is 5.32 Å². The van der Waals surface area contributed by atoms with E-state index in [1.807, 2.05) is 12.1 Å². The van der Waals surface area contributed by atoms with Crippen LogP contribution in [0, 0.1) is 5.41 Å². The van der Waals surface area contributed by atoms with Crippen LogP contribution < -0.4 is 5.32 Å². The van der Waals surface area contributed by atoms with E-state index in [0.717, 1.165) is 24.5 Å². The van der Waals surface area contributed by atoms with E-state index in [9.17, 15) is 0 Å². The van der Waals surface area contributed by atoms with Crippen LogP contribution in [0.5, 0.6) is 0 Å². The Morgan fingerprint density at radius 1 is 1.22 bits per heavy atom. The van der Waals surface area contributed by atoms with Crippen molar-refractivity contribution in [2.45, 2.75) is 39.0 Å². The lowest BCUT2D eigenvalue weighted by molar-refractivity contribution is 0.280. The van der Waals surface area contributed by atoms with Gasteiger partial charge >= 0.3 is 0 Å². The molecule has 1 aromatic carbocycles. The summed E-state index contributed by atoms with van der Waals surface area (Å²) in [5.74, 6) is 0. The first-order chi connectivity index (χ1) is 8.67. The first kappa shape index (κ1) is 14.2. The molecule has 0 spiro atoms. The maximum Gasteiger partial charge on any atom is 0.0624 e. The van der Waals surface area contributed by atoms with Gasteiger partial charge in [0.15, 0.2) is 0 Å². The summed E-state index contributed by atoms with van der Waals surface area (Å²) >= 11 is 12.4. The van der Waals surface area contributed by atoms with Crippen LogP contribution in [0.3, 0.4) is 0 Å². The van der Waals surface area contributed by atoms with Crippen LogP contribution >= 0.6 is 23.2 Å². The second kappa shape index (κ2) is 6.27. The maximum atomic E-state index is 6.32. The zero-order chi connectivity index (χ0) is 13.0. The number of hydrogen-bond donors (Lipinski definition) is 1. The average molecular weight is 286 g/mol. The average Bonchev–Trinajstić information content (AvgIpc) is 2.82. The van der Waals surface area contributed by atoms with Crippen LogP contribution in [0.2, 0.25) is 10.0 Å². The van der Waals surface area contributed by atoms with Gasteiger partial charge in [-0.1, -0.05) is 55.1 Å². The van der Waals surface area contributed by atoms with Crippen LogP contribution in [0.25, 0.3) is 0 Å². The van der Waals surface area contributed by atoms with Crippen molar-refractivity contribution in [3.8, 4) is 0 Å². The van der Waals surface area contributed by atoms with Crippen LogP contribution in [-0.4, -0.2) is 13.1 Å². The first-order valence-corrected chi connectivity index (χ1v) is 7.56. The van der Waals surface area contributed by atoms with E-state index in [-0.39, 0.29) is 0 Å². The predicted molar refractivity (Wildman–Crippen MR) is 79.6 cm³/mol. The summed E-state index contributed by atoms with van der Waals surface area (Å²) in [6.07, 6.45) is 6.30. The van der Waals surface area contributed by atoms with Gasteiger partial charge in [-0.3, -0.25) is 0 Å². The molecule has 1 aliphatic rings. The Hall–Kier alpha value is -0.240. The normalized spacial score (nSPS) is 18.2. The van der Waals surface area contributed by atoms with Crippen LogP contribution in [-0.2, 0) is 6.42 Å². The highest BCUT2D eigenvalue weighted by Crippen LogP contribution is 2.42. The highest BCUT2D eigenvalue weighted by atomic mass is 35.5. The summed E-state index contributed by atoms with van der Waals surface area (Å²) in [7, 11) is 0. The molecular weight excluding hydrogens is 265 g/mol. The molecule has 0 heterocycles. The standard InChI is InChI=1S/C15H21Cl2N/c1-2-18-11-15(8-3-4-9-15)10-12-6-5-7-13(16)14(12)17/h5-7,18H,2-4,8-11H2,1H3. The number of hydrogen-bond acceptors (Lipinski definition) is 1. The second-order valence-electron chi connectivity index (χ2n) is 5.38. The fraction of sp³-hybridized carbons (Fsp3) is 0.600. The van der Waals surface area contributed by atoms with Gasteiger partial charge in [0, 0.05) is 6.54 Å². The zero-order valence-electron chi connectivity index (χ0n) is 10.9. The Labute approximate surface area is 120 Å². The molecule has 1 fully saturated rings. The lowest BCUT2D eigenvalue weighted by Crippen LogP contribution is -2.34. The highest BCUT2D eigenvalue weighted by molar-refractivity contribution is 6.42. The third kappa shape index (κ3) is 3.20. The van der Waals surface area contributed by atoms with E-state index in [2.05, 4.69) is 18.3 Å². The van der Waals surface area contributed by atoms with Gasteiger partial charge in [0.05, 0.1) is 10.0 Å². The van der Waals surface area contributed by atoms with E-state index in [1.165, 1.54) is 31.2 Å². The van der Waals surface area contributed by atoms with E-state index in [1.54, 1.807) is 0 Å². The number of benzene rings is 1. The molecular formula is C15H21Cl2N. The lowest BCUT2D eigenvalue weighted by atomic mass is 9.80. The van der Waals surface area contributed by atoms with Gasteiger partial charge in [-0.25, -0.2) is 0 Å². The first-order valence-electron chi connectivity index (χ1n) is 6.80. The van der Waals surface area contributed by atoms with Crippen molar-refractivity contribution in [1.82, 2.24) is 5.32 Å². The summed E-state index contributed by atoms with van der Waals surface area (Å²) in [6.45, 7) is 4.28. The zero-order valence-corrected chi connectivity index (χ0v) is 12.4. The van der Waals surface area contributed by atoms with E-state index < -0.39 is 0 Å². The van der Waals surface area contributed by atoms with Crippen molar-refractivity contribution in [2.24, 2.45) is 5.41 Å². The molecule has 18 heavy (non-hydrogen) atoms. The minimum atomic E-state index is 0.379. The summed E-state index contributed by atoms with van der Waals surface area (Å²) in [6, 6.07) is 5.97. The van der Waals surface area contributed by atoms with Crippen molar-refractivity contribution in [1.29, 1.82) is 0 Å². The number of halogens is 2. The molecule has 0 aliphatic heterocycles. The molecule has 0 atom stereocenters. The Bertz CT molecular complexity index is 397. The molecule has 1 saturated carbocycles. The second-order valence-corrected chi connectivity index (χ2v) is 6.16. The van der Waals surface area contributed by atoms with Crippen LogP contribution in [0.4, 0.5) is 0 Å². The monoisotopic (exact) mass is 285 g/mol. The molecule has 0 bridgehead atoms. The Balaban J connectivity index is 2.15. The Kier molecular flexibility index (Phi) is 4.94. The minimum absolute atomic E-state index is 0.379. The molecule has 1 N–H and O–H groups in total. The third-order valence-electron chi connectivity index (χ3n) is 4.01. The Morgan fingerprint density at radius 2 is 1.94 bits per heavy atom. The van der Waals surface area contributed by atoms with Gasteiger partial charge in [0.2, 0.25) is 0 Å². The molecule has 0 aromatic heterocycles. The van der Waals surface area contributed by atoms with Crippen molar-refractivity contribution in [3.05, 3.63) is 33.8 Å². The highest BCUT2D eigenvalue weighted by Gasteiger charge is 2.34. The molecule has 100 valence electrons. The fourth-order valence-corrected chi connectivity index (χ4v) is 3.41. The number of rotatable bonds is 5. The minimum Gasteiger partial charge on any atom is -0.316 e. The van der Waals surface area contributed by atoms with Crippen molar-refractivity contribution >= 4 is 23.2 Å². The third-order valence-corrected chi connectivity index (χ3v) is 4.87. The van der Waals surface area contributed by atoms with Crippen LogP contribution in [0.1, 0.15) is 38.2 Å². The molecule has 1 aromatic rings. The topological polar surface area (TPSA) is 12.0 Å². The van der Waals surface area contributed by atoms with Gasteiger partial charge in [0.1, 0.15) is 0 Å². The van der Waals surface area contributed by atoms with Crippen molar-refractivity contribution in [3.63, 3.8) is 0 Å². The van der Waals surface area contributed by atoms with Gasteiger partial charge in [-0.2, -0.15) is 0 Å². The molecule has 3 heteroatoms. The van der Waals surface area contributed by atoms with E-state index >= 15 is 0 Å². The SMILES string of the molecule is CCNCC1(Cc2cccc(Cl)c2Cl)CCCC1. The largest absolute Gasteiger partial charge is 0.316 e. The lowest BCUT2D eigenvalue weighted by Gasteiger charge is -2.30.